The zero-order valence-electron chi connectivity index (χ0n) is 19.8. The second-order valence-corrected chi connectivity index (χ2v) is 10.3. The van der Waals surface area contributed by atoms with Crippen LogP contribution in [0.3, 0.4) is 0 Å². The fraction of sp³-hybridized carbons (Fsp3) is 0.346. The Labute approximate surface area is 224 Å². The predicted molar refractivity (Wildman–Crippen MR) is 135 cm³/mol. The number of nitrogens with zero attached hydrogens (tertiary/aromatic N) is 1. The van der Waals surface area contributed by atoms with Gasteiger partial charge >= 0.3 is 24.0 Å². The number of ether oxygens (including phenoxy) is 2. The zero-order valence-corrected chi connectivity index (χ0v) is 22.2. The van der Waals surface area contributed by atoms with Crippen LogP contribution < -0.4 is 9.64 Å². The molecule has 2 aromatic carbocycles. The molecule has 6 nitrogen and oxygen atoms in total. The van der Waals surface area contributed by atoms with Crippen molar-refractivity contribution in [1.29, 1.82) is 0 Å². The topological polar surface area (TPSA) is 72.9 Å². The molecule has 2 aromatic rings. The van der Waals surface area contributed by atoms with Gasteiger partial charge in [-0.25, -0.2) is 4.79 Å². The number of benzene rings is 2. The molecule has 196 valence electrons. The molecule has 0 heterocycles. The van der Waals surface area contributed by atoms with Gasteiger partial charge in [0.1, 0.15) is 11.3 Å². The highest BCUT2D eigenvalue weighted by Gasteiger charge is 2.59. The summed E-state index contributed by atoms with van der Waals surface area (Å²) in [6, 6.07) is 10.6. The molecule has 0 bridgehead atoms. The Morgan fingerprint density at radius 2 is 1.73 bits per heavy atom. The van der Waals surface area contributed by atoms with E-state index in [0.29, 0.717) is 10.6 Å². The van der Waals surface area contributed by atoms with Gasteiger partial charge in [0.05, 0.1) is 7.11 Å². The van der Waals surface area contributed by atoms with Gasteiger partial charge in [0, 0.05) is 27.5 Å². The van der Waals surface area contributed by atoms with E-state index < -0.39 is 35.0 Å². The van der Waals surface area contributed by atoms with Crippen LogP contribution in [0.25, 0.3) is 6.08 Å². The monoisotopic (exact) mass is 599 g/mol. The first-order valence-corrected chi connectivity index (χ1v) is 12.5. The minimum atomic E-state index is -5.25. The molecule has 4 rings (SSSR count). The molecule has 2 aliphatic rings. The lowest BCUT2D eigenvalue weighted by atomic mass is 9.64. The number of amides is 1. The third-order valence-electron chi connectivity index (χ3n) is 6.98. The van der Waals surface area contributed by atoms with Gasteiger partial charge in [0.25, 0.3) is 0 Å². The number of carbonyl (C=O) groups excluding carboxylic acids is 3. The first-order chi connectivity index (χ1) is 17.3. The van der Waals surface area contributed by atoms with Crippen LogP contribution in [0.1, 0.15) is 43.7 Å². The minimum absolute atomic E-state index is 0.109. The van der Waals surface area contributed by atoms with E-state index in [4.69, 9.17) is 21.1 Å². The first-order valence-electron chi connectivity index (χ1n) is 11.3. The number of esters is 2. The van der Waals surface area contributed by atoms with Gasteiger partial charge in [-0.3, -0.25) is 14.5 Å². The Bertz CT molecular complexity index is 1300. The zero-order chi connectivity index (χ0) is 27.2. The Balaban J connectivity index is 1.80. The molecule has 0 atom stereocenters. The normalized spacial score (nSPS) is 22.7. The van der Waals surface area contributed by atoms with E-state index in [1.54, 1.807) is 18.2 Å². The first kappa shape index (κ1) is 27.2. The molecule has 0 radical (unpaired) electrons. The molecule has 1 fully saturated rings. The molecule has 11 heteroatoms. The van der Waals surface area contributed by atoms with Gasteiger partial charge in [-0.1, -0.05) is 39.7 Å². The van der Waals surface area contributed by atoms with Crippen molar-refractivity contribution in [3.8, 4) is 5.75 Å². The maximum absolute atomic E-state index is 13.8. The van der Waals surface area contributed by atoms with Crippen LogP contribution in [0.5, 0.6) is 5.75 Å². The maximum Gasteiger partial charge on any atom is 0.471 e. The van der Waals surface area contributed by atoms with Crippen molar-refractivity contribution in [3.05, 3.63) is 63.1 Å². The number of rotatable bonds is 4. The molecule has 0 aliphatic heterocycles. The van der Waals surface area contributed by atoms with Crippen molar-refractivity contribution in [2.45, 2.75) is 49.7 Å². The summed E-state index contributed by atoms with van der Waals surface area (Å²) in [4.78, 5) is 38.0. The van der Waals surface area contributed by atoms with Gasteiger partial charge in [-0.15, -0.1) is 0 Å². The Kier molecular flexibility index (Phi) is 7.20. The lowest BCUT2D eigenvalue weighted by molar-refractivity contribution is -0.174. The van der Waals surface area contributed by atoms with E-state index in [1.807, 2.05) is 6.08 Å². The van der Waals surface area contributed by atoms with Crippen LogP contribution >= 0.6 is 27.5 Å². The van der Waals surface area contributed by atoms with Gasteiger partial charge in [0.15, 0.2) is 0 Å². The van der Waals surface area contributed by atoms with E-state index in [9.17, 15) is 27.6 Å². The van der Waals surface area contributed by atoms with E-state index in [1.165, 1.54) is 31.2 Å². The van der Waals surface area contributed by atoms with Crippen LogP contribution in [-0.4, -0.2) is 36.7 Å². The number of allylic oxidation sites excluding steroid dienone is 1. The summed E-state index contributed by atoms with van der Waals surface area (Å²) < 4.78 is 52.5. The molecule has 0 saturated heterocycles. The number of hydrogen-bond donors (Lipinski definition) is 0. The number of alkyl halides is 3. The van der Waals surface area contributed by atoms with E-state index in [-0.39, 0.29) is 36.4 Å². The Morgan fingerprint density at radius 3 is 2.30 bits per heavy atom. The van der Waals surface area contributed by atoms with Gasteiger partial charge in [0.2, 0.25) is 0 Å². The van der Waals surface area contributed by atoms with Crippen molar-refractivity contribution >= 4 is 57.1 Å². The molecule has 1 spiro atoms. The number of anilines is 1. The summed E-state index contributed by atoms with van der Waals surface area (Å²) in [6.45, 7) is 1.28. The summed E-state index contributed by atoms with van der Waals surface area (Å²) in [7, 11) is 1.08. The van der Waals surface area contributed by atoms with Crippen LogP contribution in [-0.2, 0) is 24.5 Å². The van der Waals surface area contributed by atoms with Crippen molar-refractivity contribution in [1.82, 2.24) is 0 Å². The molecule has 1 amide bonds. The van der Waals surface area contributed by atoms with Gasteiger partial charge < -0.3 is 9.47 Å². The predicted octanol–water partition coefficient (Wildman–Crippen LogP) is 6.33. The number of carbonyl (C=O) groups is 3. The molecular formula is C26H22BrClF3NO5. The summed E-state index contributed by atoms with van der Waals surface area (Å²) in [5, 5.41) is 0.109. The van der Waals surface area contributed by atoms with Crippen molar-refractivity contribution in [3.63, 3.8) is 0 Å². The fourth-order valence-electron chi connectivity index (χ4n) is 5.32. The van der Waals surface area contributed by atoms with Crippen molar-refractivity contribution in [2.24, 2.45) is 0 Å². The number of fused-ring (bicyclic) bond motifs is 2. The molecule has 1 saturated carbocycles. The summed E-state index contributed by atoms with van der Waals surface area (Å²) in [5.41, 5.74) is -1.11. The Hall–Kier alpha value is -2.85. The third-order valence-corrected chi connectivity index (χ3v) is 8.20. The minimum Gasteiger partial charge on any atom is -0.467 e. The van der Waals surface area contributed by atoms with Gasteiger partial charge in [-0.2, -0.15) is 13.2 Å². The Morgan fingerprint density at radius 1 is 1.05 bits per heavy atom. The standard InChI is InChI=1S/C26H22BrClF3NO5/c1-15(33)37-19-7-6-16-12-21(27)24(20(16)14-19)8-10-25(11-9-24,23(35)36-2)32(22(34)26(29,30)31)18-5-3-4-17(28)13-18/h3-7,12-14H,8-11H2,1-2H3. The molecule has 0 aromatic heterocycles. The smallest absolute Gasteiger partial charge is 0.467 e. The average molecular weight is 601 g/mol. The maximum atomic E-state index is 13.8. The summed E-state index contributed by atoms with van der Waals surface area (Å²) >= 11 is 9.66. The van der Waals surface area contributed by atoms with E-state index in [2.05, 4.69) is 15.9 Å². The largest absolute Gasteiger partial charge is 0.471 e. The van der Waals surface area contributed by atoms with Crippen molar-refractivity contribution < 1.29 is 37.0 Å². The highest BCUT2D eigenvalue weighted by molar-refractivity contribution is 9.11. The fourth-order valence-corrected chi connectivity index (χ4v) is 6.36. The lowest BCUT2D eigenvalue weighted by Crippen LogP contribution is -2.63. The molecule has 37 heavy (non-hydrogen) atoms. The van der Waals surface area contributed by atoms with E-state index in [0.717, 1.165) is 22.7 Å². The summed E-state index contributed by atoms with van der Waals surface area (Å²) in [6.07, 6.45) is -3.20. The van der Waals surface area contributed by atoms with Gasteiger partial charge in [-0.05, 0) is 73.2 Å². The van der Waals surface area contributed by atoms with Crippen LogP contribution in [0, 0.1) is 0 Å². The van der Waals surface area contributed by atoms with Crippen molar-refractivity contribution in [2.75, 3.05) is 12.0 Å². The molecule has 2 aliphatic carbocycles. The molecular weight excluding hydrogens is 579 g/mol. The average Bonchev–Trinajstić information content (AvgIpc) is 3.09. The molecule has 0 unspecified atom stereocenters. The highest BCUT2D eigenvalue weighted by Crippen LogP contribution is 2.57. The number of methoxy groups -OCH3 is 1. The highest BCUT2D eigenvalue weighted by atomic mass is 79.9. The van der Waals surface area contributed by atoms with Crippen LogP contribution in [0.4, 0.5) is 18.9 Å². The summed E-state index contributed by atoms with van der Waals surface area (Å²) in [5.74, 6) is -3.30. The lowest BCUT2D eigenvalue weighted by Gasteiger charge is -2.49. The van der Waals surface area contributed by atoms with E-state index >= 15 is 0 Å². The number of hydrogen-bond acceptors (Lipinski definition) is 5. The van der Waals surface area contributed by atoms with Crippen LogP contribution in [0.15, 0.2) is 46.9 Å². The quantitative estimate of drug-likeness (QED) is 0.303. The SMILES string of the molecule is COC(=O)C1(N(C(=O)C(F)(F)F)c2cccc(Cl)c2)CCC2(CC1)C(Br)=Cc1ccc(OC(C)=O)cc12. The second kappa shape index (κ2) is 9.79. The second-order valence-electron chi connectivity index (χ2n) is 9.06. The number of halogens is 5. The van der Waals surface area contributed by atoms with Crippen LogP contribution in [0.2, 0.25) is 5.02 Å². The third kappa shape index (κ3) is 4.77. The molecule has 0 N–H and O–H groups in total.